The van der Waals surface area contributed by atoms with E-state index in [-0.39, 0.29) is 5.41 Å². The second kappa shape index (κ2) is 11.7. The van der Waals surface area contributed by atoms with E-state index in [0.29, 0.717) is 0 Å². The minimum absolute atomic E-state index is 0.162. The molecule has 0 fully saturated rings. The van der Waals surface area contributed by atoms with Gasteiger partial charge in [0.1, 0.15) is 22.4 Å². The molecule has 0 spiro atoms. The molecule has 0 bridgehead atoms. The highest BCUT2D eigenvalue weighted by molar-refractivity contribution is 6.25. The van der Waals surface area contributed by atoms with Crippen LogP contribution in [0.15, 0.2) is 191 Å². The minimum atomic E-state index is -0.162. The molecule has 0 atom stereocenters. The molecule has 278 valence electrons. The van der Waals surface area contributed by atoms with Crippen LogP contribution in [0.3, 0.4) is 0 Å². The summed E-state index contributed by atoms with van der Waals surface area (Å²) >= 11 is 0. The van der Waals surface area contributed by atoms with Gasteiger partial charge in [0, 0.05) is 38.0 Å². The number of aromatic nitrogens is 1. The molecular weight excluding hydrogens is 721 g/mol. The molecule has 59 heavy (non-hydrogen) atoms. The van der Waals surface area contributed by atoms with Crippen molar-refractivity contribution in [3.8, 4) is 16.8 Å². The standard InChI is InChI=1S/C55H36N2O2/c1-55(2)42-22-9-5-18-36(42)37-30-29-34(31-43(37)55)56(44-25-13-16-33-15-3-4-17-35(33)44)47-26-14-28-49-51(47)41-32-50-52(40-21-8-12-27-48(40)58-50)53(54(41)59-49)57-45-23-10-6-19-38(45)39-20-7-11-24-46(39)57/h3-32H,1-2H3. The predicted octanol–water partition coefficient (Wildman–Crippen LogP) is 15.5. The highest BCUT2D eigenvalue weighted by atomic mass is 16.3. The van der Waals surface area contributed by atoms with Crippen LogP contribution in [0, 0.1) is 0 Å². The average Bonchev–Trinajstić information content (AvgIpc) is 4.00. The van der Waals surface area contributed by atoms with Gasteiger partial charge in [0.05, 0.1) is 33.2 Å². The molecule has 0 radical (unpaired) electrons. The van der Waals surface area contributed by atoms with Crippen molar-refractivity contribution in [1.29, 1.82) is 0 Å². The molecule has 4 nitrogen and oxygen atoms in total. The van der Waals surface area contributed by atoms with E-state index in [1.165, 1.54) is 43.8 Å². The first kappa shape index (κ1) is 32.5. The Labute approximate surface area is 339 Å². The number of hydrogen-bond donors (Lipinski definition) is 0. The summed E-state index contributed by atoms with van der Waals surface area (Å²) in [7, 11) is 0. The summed E-state index contributed by atoms with van der Waals surface area (Å²) in [6.07, 6.45) is 0. The Morgan fingerprint density at radius 1 is 0.441 bits per heavy atom. The quantitative estimate of drug-likeness (QED) is 0.179. The van der Waals surface area contributed by atoms with E-state index in [1.54, 1.807) is 0 Å². The van der Waals surface area contributed by atoms with Gasteiger partial charge in [0.15, 0.2) is 5.58 Å². The zero-order chi connectivity index (χ0) is 39.0. The van der Waals surface area contributed by atoms with Crippen LogP contribution in [0.5, 0.6) is 0 Å². The Kier molecular flexibility index (Phi) is 6.48. The first-order valence-electron chi connectivity index (χ1n) is 20.3. The summed E-state index contributed by atoms with van der Waals surface area (Å²) < 4.78 is 16.4. The Bertz CT molecular complexity index is 3670. The van der Waals surface area contributed by atoms with E-state index in [0.717, 1.165) is 77.7 Å². The molecular formula is C55H36N2O2. The third kappa shape index (κ3) is 4.38. The molecule has 0 N–H and O–H groups in total. The normalized spacial score (nSPS) is 13.4. The van der Waals surface area contributed by atoms with Gasteiger partial charge in [-0.3, -0.25) is 0 Å². The first-order valence-corrected chi connectivity index (χ1v) is 20.3. The lowest BCUT2D eigenvalue weighted by Gasteiger charge is -2.29. The molecule has 0 aliphatic heterocycles. The van der Waals surface area contributed by atoms with Crippen molar-refractivity contribution >= 4 is 93.5 Å². The number of hydrogen-bond acceptors (Lipinski definition) is 3. The molecule has 0 amide bonds. The van der Waals surface area contributed by atoms with Gasteiger partial charge in [-0.1, -0.05) is 141 Å². The molecule has 12 aromatic rings. The molecule has 3 aromatic heterocycles. The van der Waals surface area contributed by atoms with Crippen LogP contribution < -0.4 is 4.90 Å². The summed E-state index contributed by atoms with van der Waals surface area (Å²) in [6.45, 7) is 4.70. The van der Waals surface area contributed by atoms with Gasteiger partial charge in [-0.15, -0.1) is 0 Å². The Hall–Kier alpha value is -7.56. The van der Waals surface area contributed by atoms with Gasteiger partial charge in [-0.05, 0) is 82.2 Å². The van der Waals surface area contributed by atoms with Crippen LogP contribution in [0.2, 0.25) is 0 Å². The smallest absolute Gasteiger partial charge is 0.160 e. The van der Waals surface area contributed by atoms with Gasteiger partial charge >= 0.3 is 0 Å². The third-order valence-electron chi connectivity index (χ3n) is 13.0. The predicted molar refractivity (Wildman–Crippen MR) is 245 cm³/mol. The fourth-order valence-corrected chi connectivity index (χ4v) is 10.3. The summed E-state index contributed by atoms with van der Waals surface area (Å²) in [5, 5.41) is 8.87. The van der Waals surface area contributed by atoms with Crippen LogP contribution >= 0.6 is 0 Å². The molecule has 4 heteroatoms. The number of benzene rings is 9. The van der Waals surface area contributed by atoms with Gasteiger partial charge in [0.2, 0.25) is 0 Å². The molecule has 0 unspecified atom stereocenters. The Balaban J connectivity index is 1.17. The number of para-hydroxylation sites is 3. The molecule has 0 saturated carbocycles. The lowest BCUT2D eigenvalue weighted by atomic mass is 9.82. The van der Waals surface area contributed by atoms with Gasteiger partial charge in [-0.25, -0.2) is 0 Å². The lowest BCUT2D eigenvalue weighted by Crippen LogP contribution is -2.16. The molecule has 1 aliphatic carbocycles. The number of nitrogens with zero attached hydrogens (tertiary/aromatic N) is 2. The lowest BCUT2D eigenvalue weighted by molar-refractivity contribution is 0.660. The van der Waals surface area contributed by atoms with Crippen LogP contribution in [0.1, 0.15) is 25.0 Å². The Morgan fingerprint density at radius 3 is 1.90 bits per heavy atom. The molecule has 13 rings (SSSR count). The maximum Gasteiger partial charge on any atom is 0.160 e. The third-order valence-corrected chi connectivity index (χ3v) is 13.0. The maximum atomic E-state index is 7.24. The summed E-state index contributed by atoms with van der Waals surface area (Å²) in [5.74, 6) is 0. The second-order valence-electron chi connectivity index (χ2n) is 16.4. The summed E-state index contributed by atoms with van der Waals surface area (Å²) in [6, 6.07) is 65.6. The summed E-state index contributed by atoms with van der Waals surface area (Å²) in [4.78, 5) is 2.45. The number of rotatable bonds is 4. The minimum Gasteiger partial charge on any atom is -0.456 e. The van der Waals surface area contributed by atoms with Gasteiger partial charge in [0.25, 0.3) is 0 Å². The second-order valence-corrected chi connectivity index (χ2v) is 16.4. The SMILES string of the molecule is CC1(C)c2ccccc2-c2ccc(N(c3cccc4ccccc34)c3cccc4oc5c(-n6c7ccccc7c7ccccc76)c6c(cc5c34)oc3ccccc36)cc21. The van der Waals surface area contributed by atoms with Crippen molar-refractivity contribution in [1.82, 2.24) is 4.57 Å². The van der Waals surface area contributed by atoms with E-state index in [9.17, 15) is 0 Å². The van der Waals surface area contributed by atoms with E-state index >= 15 is 0 Å². The summed E-state index contributed by atoms with van der Waals surface area (Å²) in [5.41, 5.74) is 14.9. The Morgan fingerprint density at radius 2 is 1.07 bits per heavy atom. The monoisotopic (exact) mass is 756 g/mol. The van der Waals surface area contributed by atoms with E-state index < -0.39 is 0 Å². The number of anilines is 3. The van der Waals surface area contributed by atoms with Crippen molar-refractivity contribution in [3.63, 3.8) is 0 Å². The zero-order valence-corrected chi connectivity index (χ0v) is 32.5. The van der Waals surface area contributed by atoms with Crippen LogP contribution in [-0.2, 0) is 5.41 Å². The van der Waals surface area contributed by atoms with Crippen LogP contribution in [-0.4, -0.2) is 4.57 Å². The largest absolute Gasteiger partial charge is 0.456 e. The fraction of sp³-hybridized carbons (Fsp3) is 0.0545. The number of furan rings is 2. The first-order chi connectivity index (χ1) is 29.0. The maximum absolute atomic E-state index is 7.24. The van der Waals surface area contributed by atoms with Crippen molar-refractivity contribution in [2.45, 2.75) is 19.3 Å². The number of fused-ring (bicyclic) bond motifs is 13. The highest BCUT2D eigenvalue weighted by Crippen LogP contribution is 2.53. The van der Waals surface area contributed by atoms with Gasteiger partial charge in [-0.2, -0.15) is 0 Å². The molecule has 0 saturated heterocycles. The van der Waals surface area contributed by atoms with Crippen LogP contribution in [0.25, 0.3) is 93.3 Å². The zero-order valence-electron chi connectivity index (χ0n) is 32.5. The van der Waals surface area contributed by atoms with Crippen molar-refractivity contribution in [2.24, 2.45) is 0 Å². The fourth-order valence-electron chi connectivity index (χ4n) is 10.3. The molecule has 1 aliphatic rings. The topological polar surface area (TPSA) is 34.5 Å². The van der Waals surface area contributed by atoms with E-state index in [4.69, 9.17) is 8.83 Å². The van der Waals surface area contributed by atoms with Crippen molar-refractivity contribution < 1.29 is 8.83 Å². The molecule has 9 aromatic carbocycles. The van der Waals surface area contributed by atoms with Crippen molar-refractivity contribution in [3.05, 3.63) is 193 Å². The average molecular weight is 757 g/mol. The van der Waals surface area contributed by atoms with Crippen molar-refractivity contribution in [2.75, 3.05) is 4.90 Å². The van der Waals surface area contributed by atoms with Crippen LogP contribution in [0.4, 0.5) is 17.1 Å². The highest BCUT2D eigenvalue weighted by Gasteiger charge is 2.36. The van der Waals surface area contributed by atoms with E-state index in [2.05, 4.69) is 199 Å². The van der Waals surface area contributed by atoms with Gasteiger partial charge < -0.3 is 18.3 Å². The van der Waals surface area contributed by atoms with E-state index in [1.807, 2.05) is 6.07 Å². The molecule has 3 heterocycles.